The quantitative estimate of drug-likeness (QED) is 0.715. The molecule has 10 nitrogen and oxygen atoms in total. The van der Waals surface area contributed by atoms with Crippen LogP contribution in [0, 0.1) is 6.92 Å². The number of piperidine rings is 1. The highest BCUT2D eigenvalue weighted by molar-refractivity contribution is 5.93. The monoisotopic (exact) mass is 377 g/mol. The maximum Gasteiger partial charge on any atom is 0.345 e. The van der Waals surface area contributed by atoms with Gasteiger partial charge in [-0.3, -0.25) is 9.36 Å². The summed E-state index contributed by atoms with van der Waals surface area (Å²) >= 11 is 0. The third-order valence-electron chi connectivity index (χ3n) is 4.96. The van der Waals surface area contributed by atoms with Crippen LogP contribution in [-0.2, 0) is 13.1 Å². The lowest BCUT2D eigenvalue weighted by atomic mass is 9.96. The highest BCUT2D eigenvalue weighted by Gasteiger charge is 2.31. The van der Waals surface area contributed by atoms with Gasteiger partial charge in [-0.2, -0.15) is 5.10 Å². The zero-order valence-corrected chi connectivity index (χ0v) is 16.4. The molecule has 10 heteroatoms. The molecule has 3 rings (SSSR count). The number of aryl methyl sites for hydroxylation is 1. The van der Waals surface area contributed by atoms with E-state index in [9.17, 15) is 9.59 Å². The summed E-state index contributed by atoms with van der Waals surface area (Å²) in [6.07, 6.45) is 1.74. The number of carbonyl (C=O) groups excluding carboxylic acids is 1. The summed E-state index contributed by atoms with van der Waals surface area (Å²) in [5.41, 5.74) is 0.648. The predicted octanol–water partition coefficient (Wildman–Crippen LogP) is 0.338. The van der Waals surface area contributed by atoms with Gasteiger partial charge in [-0.25, -0.2) is 14.1 Å². The number of likely N-dealkylation sites (N-methyl/N-ethyl adjacent to an activating group) is 1. The number of hydrogen-bond acceptors (Lipinski definition) is 7. The SMILES string of the molecule is CCn1c(C2CCCN(C(=O)c3nonc3C)C2)nn(CCN(C)C)c1=O. The van der Waals surface area contributed by atoms with Gasteiger partial charge in [0, 0.05) is 32.1 Å². The van der Waals surface area contributed by atoms with E-state index in [1.807, 2.05) is 25.9 Å². The second-order valence-corrected chi connectivity index (χ2v) is 7.20. The van der Waals surface area contributed by atoms with Crippen molar-refractivity contribution in [2.75, 3.05) is 33.7 Å². The van der Waals surface area contributed by atoms with Crippen LogP contribution in [0.25, 0.3) is 0 Å². The summed E-state index contributed by atoms with van der Waals surface area (Å²) in [5, 5.41) is 12.0. The third-order valence-corrected chi connectivity index (χ3v) is 4.96. The van der Waals surface area contributed by atoms with E-state index in [4.69, 9.17) is 0 Å². The fourth-order valence-corrected chi connectivity index (χ4v) is 3.45. The second-order valence-electron chi connectivity index (χ2n) is 7.20. The van der Waals surface area contributed by atoms with Crippen LogP contribution in [0.3, 0.4) is 0 Å². The molecule has 0 saturated carbocycles. The number of nitrogens with zero attached hydrogens (tertiary/aromatic N) is 7. The molecule has 0 radical (unpaired) electrons. The van der Waals surface area contributed by atoms with Gasteiger partial charge in [0.05, 0.1) is 6.54 Å². The molecule has 0 aliphatic carbocycles. The first-order valence-corrected chi connectivity index (χ1v) is 9.33. The molecule has 0 spiro atoms. The van der Waals surface area contributed by atoms with E-state index in [1.54, 1.807) is 16.4 Å². The van der Waals surface area contributed by atoms with E-state index < -0.39 is 0 Å². The Bertz CT molecular complexity index is 851. The number of aromatic nitrogens is 5. The van der Waals surface area contributed by atoms with Crippen LogP contribution >= 0.6 is 0 Å². The summed E-state index contributed by atoms with van der Waals surface area (Å²) in [6.45, 7) is 6.66. The maximum absolute atomic E-state index is 12.7. The number of hydrogen-bond donors (Lipinski definition) is 0. The summed E-state index contributed by atoms with van der Waals surface area (Å²) in [5.74, 6) is 0.598. The number of carbonyl (C=O) groups is 1. The Morgan fingerprint density at radius 2 is 2.11 bits per heavy atom. The van der Waals surface area contributed by atoms with E-state index >= 15 is 0 Å². The molecule has 1 aliphatic heterocycles. The molecule has 27 heavy (non-hydrogen) atoms. The minimum absolute atomic E-state index is 0.0242. The van der Waals surface area contributed by atoms with Crippen molar-refractivity contribution in [1.29, 1.82) is 0 Å². The van der Waals surface area contributed by atoms with Crippen LogP contribution in [-0.4, -0.2) is 74.1 Å². The Hall–Kier alpha value is -2.49. The first-order chi connectivity index (χ1) is 12.9. The normalized spacial score (nSPS) is 17.7. The first-order valence-electron chi connectivity index (χ1n) is 9.33. The average Bonchev–Trinajstić information content (AvgIpc) is 3.22. The first kappa shape index (κ1) is 19.3. The molecule has 1 aliphatic rings. The number of likely N-dealkylation sites (tertiary alicyclic amines) is 1. The lowest BCUT2D eigenvalue weighted by Crippen LogP contribution is -2.40. The van der Waals surface area contributed by atoms with Crippen LogP contribution in [0.5, 0.6) is 0 Å². The molecule has 148 valence electrons. The van der Waals surface area contributed by atoms with Crippen molar-refractivity contribution in [3.8, 4) is 0 Å². The Morgan fingerprint density at radius 1 is 1.33 bits per heavy atom. The highest BCUT2D eigenvalue weighted by Crippen LogP contribution is 2.26. The van der Waals surface area contributed by atoms with E-state index in [2.05, 4.69) is 20.0 Å². The topological polar surface area (TPSA) is 102 Å². The molecule has 2 aromatic rings. The largest absolute Gasteiger partial charge is 0.345 e. The summed E-state index contributed by atoms with van der Waals surface area (Å²) in [7, 11) is 3.93. The van der Waals surface area contributed by atoms with Gasteiger partial charge in [0.15, 0.2) is 5.69 Å². The summed E-state index contributed by atoms with van der Waals surface area (Å²) < 4.78 is 7.91. The molecule has 1 amide bonds. The molecule has 0 aromatic carbocycles. The van der Waals surface area contributed by atoms with E-state index in [0.29, 0.717) is 31.9 Å². The van der Waals surface area contributed by atoms with Crippen LogP contribution in [0.15, 0.2) is 9.42 Å². The zero-order chi connectivity index (χ0) is 19.6. The van der Waals surface area contributed by atoms with E-state index in [1.165, 1.54) is 4.68 Å². The van der Waals surface area contributed by atoms with Gasteiger partial charge in [-0.1, -0.05) is 5.16 Å². The van der Waals surface area contributed by atoms with Gasteiger partial charge in [0.25, 0.3) is 5.91 Å². The molecular weight excluding hydrogens is 350 g/mol. The number of amides is 1. The van der Waals surface area contributed by atoms with Crippen molar-refractivity contribution in [3.63, 3.8) is 0 Å². The van der Waals surface area contributed by atoms with Gasteiger partial charge < -0.3 is 9.80 Å². The van der Waals surface area contributed by atoms with Crippen molar-refractivity contribution >= 4 is 5.91 Å². The van der Waals surface area contributed by atoms with Crippen LogP contribution in [0.1, 0.15) is 47.7 Å². The third kappa shape index (κ3) is 3.95. The van der Waals surface area contributed by atoms with Crippen LogP contribution < -0.4 is 5.69 Å². The Balaban J connectivity index is 1.81. The van der Waals surface area contributed by atoms with Gasteiger partial charge in [-0.05, 0) is 45.9 Å². The van der Waals surface area contributed by atoms with Crippen LogP contribution in [0.4, 0.5) is 0 Å². The smallest absolute Gasteiger partial charge is 0.336 e. The lowest BCUT2D eigenvalue weighted by molar-refractivity contribution is 0.0691. The number of rotatable bonds is 6. The molecule has 1 atom stereocenters. The van der Waals surface area contributed by atoms with Crippen molar-refractivity contribution in [2.45, 2.75) is 45.7 Å². The molecule has 1 fully saturated rings. The maximum atomic E-state index is 12.7. The summed E-state index contributed by atoms with van der Waals surface area (Å²) in [4.78, 5) is 29.2. The van der Waals surface area contributed by atoms with Gasteiger partial charge in [0.2, 0.25) is 0 Å². The standard InChI is InChI=1S/C17H27N7O3/c1-5-23-15(18-24(17(23)26)10-9-21(3)4)13-7-6-8-22(11-13)16(25)14-12(2)19-27-20-14/h13H,5-11H2,1-4H3. The second kappa shape index (κ2) is 8.03. The van der Waals surface area contributed by atoms with Gasteiger partial charge >= 0.3 is 5.69 Å². The summed E-state index contributed by atoms with van der Waals surface area (Å²) in [6, 6.07) is 0. The molecule has 2 aromatic heterocycles. The van der Waals surface area contributed by atoms with Crippen molar-refractivity contribution in [3.05, 3.63) is 27.7 Å². The lowest BCUT2D eigenvalue weighted by Gasteiger charge is -2.31. The molecule has 1 unspecified atom stereocenters. The minimum Gasteiger partial charge on any atom is -0.336 e. The van der Waals surface area contributed by atoms with E-state index in [-0.39, 0.29) is 23.2 Å². The highest BCUT2D eigenvalue weighted by atomic mass is 16.6. The van der Waals surface area contributed by atoms with Crippen LogP contribution in [0.2, 0.25) is 0 Å². The van der Waals surface area contributed by atoms with Gasteiger partial charge in [0.1, 0.15) is 11.5 Å². The molecule has 3 heterocycles. The molecular formula is C17H27N7O3. The van der Waals surface area contributed by atoms with Gasteiger partial charge in [-0.15, -0.1) is 0 Å². The molecule has 0 N–H and O–H groups in total. The van der Waals surface area contributed by atoms with E-state index in [0.717, 1.165) is 25.2 Å². The minimum atomic E-state index is -0.184. The molecule has 0 bridgehead atoms. The van der Waals surface area contributed by atoms with Crippen molar-refractivity contribution in [1.82, 2.24) is 34.5 Å². The average molecular weight is 377 g/mol. The Labute approximate surface area is 157 Å². The fraction of sp³-hybridized carbons (Fsp3) is 0.706. The Kier molecular flexibility index (Phi) is 5.73. The Morgan fingerprint density at radius 3 is 2.74 bits per heavy atom. The molecule has 1 saturated heterocycles. The van der Waals surface area contributed by atoms with Crippen molar-refractivity contribution < 1.29 is 9.42 Å². The fourth-order valence-electron chi connectivity index (χ4n) is 3.45. The zero-order valence-electron chi connectivity index (χ0n) is 16.4. The predicted molar refractivity (Wildman–Crippen MR) is 97.6 cm³/mol. The van der Waals surface area contributed by atoms with Crippen molar-refractivity contribution in [2.24, 2.45) is 0 Å².